The molecular formula is C24H28N2O6. The van der Waals surface area contributed by atoms with Crippen molar-refractivity contribution in [3.63, 3.8) is 0 Å². The van der Waals surface area contributed by atoms with Gasteiger partial charge in [-0.3, -0.25) is 14.6 Å². The molecule has 2 aromatic rings. The predicted molar refractivity (Wildman–Crippen MR) is 117 cm³/mol. The van der Waals surface area contributed by atoms with Crippen LogP contribution in [-0.4, -0.2) is 63.0 Å². The highest BCUT2D eigenvalue weighted by atomic mass is 16.7. The van der Waals surface area contributed by atoms with Crippen LogP contribution in [0.15, 0.2) is 42.5 Å². The van der Waals surface area contributed by atoms with Gasteiger partial charge >= 0.3 is 0 Å². The highest BCUT2D eigenvalue weighted by molar-refractivity contribution is 5.98. The van der Waals surface area contributed by atoms with Gasteiger partial charge in [0.05, 0.1) is 19.6 Å². The lowest BCUT2D eigenvalue weighted by atomic mass is 9.94. The van der Waals surface area contributed by atoms with E-state index in [0.717, 1.165) is 30.6 Å². The van der Waals surface area contributed by atoms with Crippen LogP contribution in [-0.2, 0) is 14.9 Å². The lowest BCUT2D eigenvalue weighted by molar-refractivity contribution is -0.143. The van der Waals surface area contributed by atoms with Crippen molar-refractivity contribution in [3.05, 3.63) is 53.6 Å². The van der Waals surface area contributed by atoms with Crippen molar-refractivity contribution in [1.82, 2.24) is 10.0 Å². The summed E-state index contributed by atoms with van der Waals surface area (Å²) in [7, 11) is 4.66. The topological polar surface area (TPSA) is 77.5 Å². The summed E-state index contributed by atoms with van der Waals surface area (Å²) in [6.07, 6.45) is 2.29. The van der Waals surface area contributed by atoms with Gasteiger partial charge < -0.3 is 18.9 Å². The van der Waals surface area contributed by atoms with E-state index in [1.54, 1.807) is 35.3 Å². The van der Waals surface area contributed by atoms with Gasteiger partial charge in [-0.2, -0.15) is 0 Å². The van der Waals surface area contributed by atoms with Crippen LogP contribution >= 0.6 is 0 Å². The zero-order valence-corrected chi connectivity index (χ0v) is 18.6. The number of rotatable bonds is 8. The maximum atomic E-state index is 13.6. The fourth-order valence-corrected chi connectivity index (χ4v) is 4.13. The van der Waals surface area contributed by atoms with E-state index in [4.69, 9.17) is 18.9 Å². The fraction of sp³-hybridized carbons (Fsp3) is 0.417. The molecule has 0 aromatic heterocycles. The number of hydrazine groups is 1. The molecule has 2 aliphatic rings. The third-order valence-electron chi connectivity index (χ3n) is 6.04. The molecule has 170 valence electrons. The van der Waals surface area contributed by atoms with Gasteiger partial charge in [-0.15, -0.1) is 0 Å². The number of hydrogen-bond acceptors (Lipinski definition) is 6. The number of methoxy groups -OCH3 is 3. The number of benzene rings is 2. The number of ether oxygens (including phenoxy) is 4. The molecule has 4 rings (SSSR count). The summed E-state index contributed by atoms with van der Waals surface area (Å²) in [5.41, 5.74) is 0.828. The van der Waals surface area contributed by atoms with Gasteiger partial charge in [0.15, 0.2) is 18.3 Å². The van der Waals surface area contributed by atoms with E-state index in [2.05, 4.69) is 0 Å². The maximum Gasteiger partial charge on any atom is 0.272 e. The molecular weight excluding hydrogens is 412 g/mol. The minimum absolute atomic E-state index is 0.0273. The minimum atomic E-state index is -0.565. The molecule has 0 N–H and O–H groups in total. The van der Waals surface area contributed by atoms with Crippen LogP contribution in [0, 0.1) is 0 Å². The number of hydrogen-bond donors (Lipinski definition) is 0. The van der Waals surface area contributed by atoms with Crippen molar-refractivity contribution < 1.29 is 28.5 Å². The zero-order chi connectivity index (χ0) is 22.7. The highest BCUT2D eigenvalue weighted by Gasteiger charge is 2.55. The molecule has 0 spiro atoms. The van der Waals surface area contributed by atoms with Crippen LogP contribution in [0.3, 0.4) is 0 Å². The van der Waals surface area contributed by atoms with Gasteiger partial charge in [-0.05, 0) is 55.2 Å². The molecule has 8 nitrogen and oxygen atoms in total. The van der Waals surface area contributed by atoms with Crippen molar-refractivity contribution in [2.24, 2.45) is 0 Å². The zero-order valence-electron chi connectivity index (χ0n) is 18.6. The molecule has 32 heavy (non-hydrogen) atoms. The Morgan fingerprint density at radius 2 is 1.62 bits per heavy atom. The van der Waals surface area contributed by atoms with Crippen molar-refractivity contribution in [3.8, 4) is 17.2 Å². The SMILES string of the molecule is COCOc1ccc(C(=O)N2CCCN2C(=O)C2(c3ccc(OC)cc3)CC2)cc1OC. The van der Waals surface area contributed by atoms with Gasteiger partial charge in [0.2, 0.25) is 0 Å². The summed E-state index contributed by atoms with van der Waals surface area (Å²) >= 11 is 0. The molecule has 1 saturated carbocycles. The molecule has 0 bridgehead atoms. The molecule has 8 heteroatoms. The fourth-order valence-electron chi connectivity index (χ4n) is 4.13. The molecule has 1 aliphatic heterocycles. The number of nitrogens with zero attached hydrogens (tertiary/aromatic N) is 2. The van der Waals surface area contributed by atoms with E-state index in [-0.39, 0.29) is 18.6 Å². The third kappa shape index (κ3) is 3.98. The molecule has 1 aliphatic carbocycles. The summed E-state index contributed by atoms with van der Waals surface area (Å²) in [4.78, 5) is 26.9. The summed E-state index contributed by atoms with van der Waals surface area (Å²) in [6.45, 7) is 1.09. The van der Waals surface area contributed by atoms with E-state index in [9.17, 15) is 9.59 Å². The second kappa shape index (κ2) is 9.08. The standard InChI is InChI=1S/C24H28N2O6/c1-29-16-32-20-10-5-17(15-21(20)31-3)22(27)25-13-4-14-26(25)23(28)24(11-12-24)18-6-8-19(30-2)9-7-18/h5-10,15H,4,11-14,16H2,1-3H3. The van der Waals surface area contributed by atoms with E-state index >= 15 is 0 Å². The van der Waals surface area contributed by atoms with E-state index < -0.39 is 5.41 Å². The van der Waals surface area contributed by atoms with Gasteiger partial charge in [0.1, 0.15) is 5.75 Å². The van der Waals surface area contributed by atoms with Crippen LogP contribution in [0.5, 0.6) is 17.2 Å². The van der Waals surface area contributed by atoms with Crippen LogP contribution in [0.25, 0.3) is 0 Å². The Kier molecular flexibility index (Phi) is 6.23. The average molecular weight is 440 g/mol. The van der Waals surface area contributed by atoms with E-state index in [1.807, 2.05) is 24.3 Å². The number of carbonyl (C=O) groups is 2. The first kappa shape index (κ1) is 22.0. The van der Waals surface area contributed by atoms with Gasteiger partial charge in [0, 0.05) is 25.8 Å². The first-order valence-electron chi connectivity index (χ1n) is 10.6. The molecule has 1 heterocycles. The van der Waals surface area contributed by atoms with Crippen molar-refractivity contribution >= 4 is 11.8 Å². The molecule has 0 radical (unpaired) electrons. The Morgan fingerprint density at radius 3 is 2.25 bits per heavy atom. The van der Waals surface area contributed by atoms with Crippen LogP contribution in [0.2, 0.25) is 0 Å². The smallest absolute Gasteiger partial charge is 0.272 e. The summed E-state index contributed by atoms with van der Waals surface area (Å²) in [5, 5.41) is 3.16. The van der Waals surface area contributed by atoms with E-state index in [1.165, 1.54) is 14.2 Å². The largest absolute Gasteiger partial charge is 0.497 e. The molecule has 2 aromatic carbocycles. The normalized spacial score (nSPS) is 16.6. The van der Waals surface area contributed by atoms with Crippen molar-refractivity contribution in [1.29, 1.82) is 0 Å². The predicted octanol–water partition coefficient (Wildman–Crippen LogP) is 3.01. The van der Waals surface area contributed by atoms with Gasteiger partial charge in [-0.1, -0.05) is 12.1 Å². The first-order valence-corrected chi connectivity index (χ1v) is 10.6. The molecule has 0 unspecified atom stereocenters. The Hall–Kier alpha value is -3.26. The van der Waals surface area contributed by atoms with Crippen molar-refractivity contribution in [2.45, 2.75) is 24.7 Å². The lowest BCUT2D eigenvalue weighted by Crippen LogP contribution is -2.48. The summed E-state index contributed by atoms with van der Waals surface area (Å²) in [6, 6.07) is 12.6. The second-order valence-electron chi connectivity index (χ2n) is 7.94. The summed E-state index contributed by atoms with van der Waals surface area (Å²) < 4.78 is 21.0. The van der Waals surface area contributed by atoms with Crippen molar-refractivity contribution in [2.75, 3.05) is 41.2 Å². The molecule has 0 atom stereocenters. The Morgan fingerprint density at radius 1 is 0.906 bits per heavy atom. The average Bonchev–Trinajstić information content (AvgIpc) is 3.51. The Bertz CT molecular complexity index is 986. The molecule has 1 saturated heterocycles. The molecule has 2 amide bonds. The Balaban J connectivity index is 1.54. The van der Waals surface area contributed by atoms with E-state index in [0.29, 0.717) is 30.2 Å². The third-order valence-corrected chi connectivity index (χ3v) is 6.04. The monoisotopic (exact) mass is 440 g/mol. The molecule has 2 fully saturated rings. The van der Waals surface area contributed by atoms with Gasteiger partial charge in [-0.25, -0.2) is 5.01 Å². The van der Waals surface area contributed by atoms with Gasteiger partial charge in [0.25, 0.3) is 11.8 Å². The minimum Gasteiger partial charge on any atom is -0.497 e. The first-order chi connectivity index (χ1) is 15.5. The van der Waals surface area contributed by atoms with Crippen LogP contribution < -0.4 is 14.2 Å². The number of carbonyl (C=O) groups excluding carboxylic acids is 2. The number of amides is 2. The quantitative estimate of drug-likeness (QED) is 0.588. The summed E-state index contributed by atoms with van der Waals surface area (Å²) in [5.74, 6) is 1.40. The van der Waals surface area contributed by atoms with Crippen LogP contribution in [0.1, 0.15) is 35.2 Å². The highest BCUT2D eigenvalue weighted by Crippen LogP contribution is 2.50. The lowest BCUT2D eigenvalue weighted by Gasteiger charge is -2.31. The second-order valence-corrected chi connectivity index (χ2v) is 7.94. The van der Waals surface area contributed by atoms with Crippen LogP contribution in [0.4, 0.5) is 0 Å². The maximum absolute atomic E-state index is 13.6. The Labute approximate surface area is 187 Å².